The number of benzene rings is 2. The van der Waals surface area contributed by atoms with Crippen LogP contribution in [-0.4, -0.2) is 18.5 Å². The van der Waals surface area contributed by atoms with E-state index in [1.54, 1.807) is 0 Å². The summed E-state index contributed by atoms with van der Waals surface area (Å²) in [6.07, 6.45) is 4.65. The Hall–Kier alpha value is -2.49. The van der Waals surface area contributed by atoms with Crippen molar-refractivity contribution in [2.24, 2.45) is 0 Å². The van der Waals surface area contributed by atoms with Crippen LogP contribution in [0.25, 0.3) is 0 Å². The standard InChI is InChI=1S/C21H27N3O/c1-3-16-7-9-17(10-8-16)21(25)23-18-11-12-20(19(22)14-18)24-13-5-4-6-15(24)2/h7-12,14-15H,3-6,13,22H2,1-2H3,(H,23,25). The van der Waals surface area contributed by atoms with Gasteiger partial charge in [-0.1, -0.05) is 19.1 Å². The zero-order valence-electron chi connectivity index (χ0n) is 15.1. The summed E-state index contributed by atoms with van der Waals surface area (Å²) in [7, 11) is 0. The number of aryl methyl sites for hydroxylation is 1. The van der Waals surface area contributed by atoms with Crippen LogP contribution in [0.2, 0.25) is 0 Å². The molecular formula is C21H27N3O. The van der Waals surface area contributed by atoms with Crippen molar-refractivity contribution in [2.45, 2.75) is 45.6 Å². The van der Waals surface area contributed by atoms with E-state index < -0.39 is 0 Å². The highest BCUT2D eigenvalue weighted by Crippen LogP contribution is 2.31. The maximum absolute atomic E-state index is 12.4. The molecule has 0 aromatic heterocycles. The summed E-state index contributed by atoms with van der Waals surface area (Å²) in [6, 6.07) is 14.0. The summed E-state index contributed by atoms with van der Waals surface area (Å²) in [6.45, 7) is 5.39. The minimum atomic E-state index is -0.110. The van der Waals surface area contributed by atoms with Gasteiger partial charge in [0.25, 0.3) is 5.91 Å². The van der Waals surface area contributed by atoms with E-state index in [0.717, 1.165) is 24.3 Å². The van der Waals surface area contributed by atoms with Crippen molar-refractivity contribution in [3.05, 3.63) is 53.6 Å². The van der Waals surface area contributed by atoms with Crippen LogP contribution in [0.5, 0.6) is 0 Å². The minimum Gasteiger partial charge on any atom is -0.397 e. The van der Waals surface area contributed by atoms with Crippen molar-refractivity contribution in [3.63, 3.8) is 0 Å². The molecule has 2 aromatic carbocycles. The van der Waals surface area contributed by atoms with E-state index in [-0.39, 0.29) is 5.91 Å². The molecule has 0 spiro atoms. The molecule has 1 aliphatic rings. The number of nitrogen functional groups attached to an aromatic ring is 1. The number of anilines is 3. The molecule has 0 saturated carbocycles. The second-order valence-corrected chi connectivity index (χ2v) is 6.82. The second kappa shape index (κ2) is 7.60. The van der Waals surface area contributed by atoms with Gasteiger partial charge in [0.1, 0.15) is 0 Å². The molecule has 1 amide bonds. The van der Waals surface area contributed by atoms with E-state index in [9.17, 15) is 4.79 Å². The van der Waals surface area contributed by atoms with E-state index in [2.05, 4.69) is 24.1 Å². The average molecular weight is 337 g/mol. The fourth-order valence-electron chi connectivity index (χ4n) is 3.44. The number of nitrogens with two attached hydrogens (primary N) is 1. The smallest absolute Gasteiger partial charge is 0.255 e. The maximum Gasteiger partial charge on any atom is 0.255 e. The Bertz CT molecular complexity index is 739. The first-order chi connectivity index (χ1) is 12.1. The molecule has 25 heavy (non-hydrogen) atoms. The van der Waals surface area contributed by atoms with Crippen LogP contribution in [0.4, 0.5) is 17.1 Å². The van der Waals surface area contributed by atoms with Crippen molar-refractivity contribution in [1.82, 2.24) is 0 Å². The number of hydrogen-bond donors (Lipinski definition) is 2. The number of nitrogens with zero attached hydrogens (tertiary/aromatic N) is 1. The van der Waals surface area contributed by atoms with E-state index in [1.807, 2.05) is 42.5 Å². The molecule has 1 aliphatic heterocycles. The average Bonchev–Trinajstić information content (AvgIpc) is 2.63. The van der Waals surface area contributed by atoms with Crippen LogP contribution in [0.15, 0.2) is 42.5 Å². The number of carbonyl (C=O) groups is 1. The fraction of sp³-hybridized carbons (Fsp3) is 0.381. The summed E-state index contributed by atoms with van der Waals surface area (Å²) >= 11 is 0. The quantitative estimate of drug-likeness (QED) is 0.810. The van der Waals surface area contributed by atoms with Crippen molar-refractivity contribution in [3.8, 4) is 0 Å². The Morgan fingerprint density at radius 1 is 1.20 bits per heavy atom. The molecule has 3 N–H and O–H groups in total. The second-order valence-electron chi connectivity index (χ2n) is 6.82. The van der Waals surface area contributed by atoms with Gasteiger partial charge in [0.15, 0.2) is 0 Å². The summed E-state index contributed by atoms with van der Waals surface area (Å²) in [4.78, 5) is 14.8. The van der Waals surface area contributed by atoms with Crippen LogP contribution in [0.3, 0.4) is 0 Å². The Balaban J connectivity index is 1.72. The summed E-state index contributed by atoms with van der Waals surface area (Å²) in [5, 5.41) is 2.94. The highest BCUT2D eigenvalue weighted by atomic mass is 16.1. The highest BCUT2D eigenvalue weighted by molar-refractivity contribution is 6.04. The first-order valence-electron chi connectivity index (χ1n) is 9.15. The lowest BCUT2D eigenvalue weighted by Crippen LogP contribution is -2.37. The molecule has 4 nitrogen and oxygen atoms in total. The lowest BCUT2D eigenvalue weighted by atomic mass is 10.0. The Labute approximate surface area is 150 Å². The predicted molar refractivity (Wildman–Crippen MR) is 105 cm³/mol. The highest BCUT2D eigenvalue weighted by Gasteiger charge is 2.20. The van der Waals surface area contributed by atoms with Gasteiger partial charge >= 0.3 is 0 Å². The SMILES string of the molecule is CCc1ccc(C(=O)Nc2ccc(N3CCCCC3C)c(N)c2)cc1. The lowest BCUT2D eigenvalue weighted by molar-refractivity contribution is 0.102. The minimum absolute atomic E-state index is 0.110. The van der Waals surface area contributed by atoms with Gasteiger partial charge in [-0.05, 0) is 68.5 Å². The normalized spacial score (nSPS) is 17.4. The largest absolute Gasteiger partial charge is 0.397 e. The van der Waals surface area contributed by atoms with Gasteiger partial charge in [0, 0.05) is 23.8 Å². The van der Waals surface area contributed by atoms with E-state index in [4.69, 9.17) is 5.73 Å². The molecule has 1 fully saturated rings. The number of carbonyl (C=O) groups excluding carboxylic acids is 1. The Kier molecular flexibility index (Phi) is 5.27. The molecule has 1 unspecified atom stereocenters. The lowest BCUT2D eigenvalue weighted by Gasteiger charge is -2.36. The third kappa shape index (κ3) is 3.95. The zero-order valence-corrected chi connectivity index (χ0v) is 15.1. The molecular weight excluding hydrogens is 310 g/mol. The van der Waals surface area contributed by atoms with Gasteiger partial charge < -0.3 is 16.0 Å². The third-order valence-electron chi connectivity index (χ3n) is 5.02. The van der Waals surface area contributed by atoms with E-state index >= 15 is 0 Å². The van der Waals surface area contributed by atoms with Crippen molar-refractivity contribution < 1.29 is 4.79 Å². The summed E-state index contributed by atoms with van der Waals surface area (Å²) < 4.78 is 0. The molecule has 0 aliphatic carbocycles. The molecule has 132 valence electrons. The molecule has 1 saturated heterocycles. The van der Waals surface area contributed by atoms with Crippen molar-refractivity contribution in [2.75, 3.05) is 22.5 Å². The van der Waals surface area contributed by atoms with Gasteiger partial charge in [-0.15, -0.1) is 0 Å². The van der Waals surface area contributed by atoms with Gasteiger partial charge in [-0.25, -0.2) is 0 Å². The molecule has 1 heterocycles. The van der Waals surface area contributed by atoms with E-state index in [0.29, 0.717) is 17.3 Å². The Morgan fingerprint density at radius 2 is 1.96 bits per heavy atom. The van der Waals surface area contributed by atoms with Crippen LogP contribution in [-0.2, 0) is 6.42 Å². The predicted octanol–water partition coefficient (Wildman–Crippen LogP) is 4.46. The molecule has 2 aromatic rings. The topological polar surface area (TPSA) is 58.4 Å². The van der Waals surface area contributed by atoms with Crippen molar-refractivity contribution in [1.29, 1.82) is 0 Å². The fourth-order valence-corrected chi connectivity index (χ4v) is 3.44. The number of amides is 1. The van der Waals surface area contributed by atoms with E-state index in [1.165, 1.54) is 24.8 Å². The van der Waals surface area contributed by atoms with Crippen LogP contribution in [0.1, 0.15) is 49.0 Å². The number of nitrogens with one attached hydrogen (secondary N) is 1. The number of piperidine rings is 1. The van der Waals surface area contributed by atoms with Crippen LogP contribution in [0, 0.1) is 0 Å². The molecule has 0 bridgehead atoms. The third-order valence-corrected chi connectivity index (χ3v) is 5.02. The molecule has 1 atom stereocenters. The first-order valence-corrected chi connectivity index (χ1v) is 9.15. The Morgan fingerprint density at radius 3 is 2.60 bits per heavy atom. The molecule has 4 heteroatoms. The maximum atomic E-state index is 12.4. The van der Waals surface area contributed by atoms with Gasteiger partial charge in [0.05, 0.1) is 11.4 Å². The summed E-state index contributed by atoms with van der Waals surface area (Å²) in [5.41, 5.74) is 10.7. The van der Waals surface area contributed by atoms with Crippen LogP contribution < -0.4 is 16.0 Å². The van der Waals surface area contributed by atoms with Gasteiger partial charge in [0.2, 0.25) is 0 Å². The monoisotopic (exact) mass is 337 g/mol. The van der Waals surface area contributed by atoms with Gasteiger partial charge in [-0.3, -0.25) is 4.79 Å². The summed E-state index contributed by atoms with van der Waals surface area (Å²) in [5.74, 6) is -0.110. The zero-order chi connectivity index (χ0) is 17.8. The van der Waals surface area contributed by atoms with Crippen LogP contribution >= 0.6 is 0 Å². The first kappa shape index (κ1) is 17.3. The number of rotatable bonds is 4. The number of hydrogen-bond acceptors (Lipinski definition) is 3. The van der Waals surface area contributed by atoms with Gasteiger partial charge in [-0.2, -0.15) is 0 Å². The molecule has 3 rings (SSSR count). The molecule has 0 radical (unpaired) electrons. The van der Waals surface area contributed by atoms with Crippen molar-refractivity contribution >= 4 is 23.0 Å².